The van der Waals surface area contributed by atoms with Crippen LogP contribution < -0.4 is 5.32 Å². The van der Waals surface area contributed by atoms with E-state index in [0.29, 0.717) is 11.7 Å². The summed E-state index contributed by atoms with van der Waals surface area (Å²) in [4.78, 5) is 18.5. The monoisotopic (exact) mass is 261 g/mol. The van der Waals surface area contributed by atoms with E-state index in [2.05, 4.69) is 17.2 Å². The van der Waals surface area contributed by atoms with E-state index in [1.807, 2.05) is 17.0 Å². The molecule has 1 unspecified atom stereocenters. The maximum Gasteiger partial charge on any atom is 0.272 e. The van der Waals surface area contributed by atoms with Gasteiger partial charge in [-0.05, 0) is 37.9 Å². The number of pyridine rings is 1. The van der Waals surface area contributed by atoms with Crippen molar-refractivity contribution < 1.29 is 4.79 Å². The zero-order valence-corrected chi connectivity index (χ0v) is 11.6. The lowest BCUT2D eigenvalue weighted by molar-refractivity contribution is 0.0726. The van der Waals surface area contributed by atoms with Crippen molar-refractivity contribution in [3.63, 3.8) is 0 Å². The molecule has 0 aromatic carbocycles. The molecule has 4 heteroatoms. The third-order valence-corrected chi connectivity index (χ3v) is 3.52. The predicted molar refractivity (Wildman–Crippen MR) is 76.1 cm³/mol. The van der Waals surface area contributed by atoms with Gasteiger partial charge in [0.05, 0.1) is 0 Å². The Morgan fingerprint density at radius 2 is 2.37 bits per heavy atom. The van der Waals surface area contributed by atoms with Gasteiger partial charge >= 0.3 is 0 Å². The molecule has 104 valence electrons. The molecule has 1 fully saturated rings. The van der Waals surface area contributed by atoms with Gasteiger partial charge in [0.15, 0.2) is 0 Å². The van der Waals surface area contributed by atoms with E-state index in [4.69, 9.17) is 0 Å². The highest BCUT2D eigenvalue weighted by Crippen LogP contribution is 2.11. The van der Waals surface area contributed by atoms with Gasteiger partial charge in [-0.15, -0.1) is 0 Å². The number of rotatable bonds is 5. The first-order valence-electron chi connectivity index (χ1n) is 7.25. The Bertz CT molecular complexity index is 388. The van der Waals surface area contributed by atoms with E-state index in [1.165, 1.54) is 12.8 Å². The summed E-state index contributed by atoms with van der Waals surface area (Å²) < 4.78 is 0. The SMILES string of the molecule is CCCN(CC1CCCCN1)C(=O)c1ccccn1. The fourth-order valence-electron chi connectivity index (χ4n) is 2.54. The second-order valence-corrected chi connectivity index (χ2v) is 5.11. The van der Waals surface area contributed by atoms with Crippen LogP contribution in [0.25, 0.3) is 0 Å². The van der Waals surface area contributed by atoms with Crippen molar-refractivity contribution in [3.8, 4) is 0 Å². The molecule has 1 aliphatic rings. The Kier molecular flexibility index (Phi) is 5.33. The number of amides is 1. The van der Waals surface area contributed by atoms with Gasteiger partial charge < -0.3 is 10.2 Å². The van der Waals surface area contributed by atoms with Crippen LogP contribution in [0.5, 0.6) is 0 Å². The largest absolute Gasteiger partial charge is 0.336 e. The van der Waals surface area contributed by atoms with E-state index in [1.54, 1.807) is 12.3 Å². The summed E-state index contributed by atoms with van der Waals surface area (Å²) in [6, 6.07) is 5.93. The minimum absolute atomic E-state index is 0.0508. The van der Waals surface area contributed by atoms with Crippen molar-refractivity contribution in [2.24, 2.45) is 0 Å². The van der Waals surface area contributed by atoms with E-state index in [9.17, 15) is 4.79 Å². The summed E-state index contributed by atoms with van der Waals surface area (Å²) in [6.45, 7) is 4.77. The van der Waals surface area contributed by atoms with Crippen molar-refractivity contribution in [1.29, 1.82) is 0 Å². The van der Waals surface area contributed by atoms with Gasteiger partial charge in [-0.2, -0.15) is 0 Å². The number of hydrogen-bond acceptors (Lipinski definition) is 3. The number of aromatic nitrogens is 1. The molecular formula is C15H23N3O. The first-order valence-corrected chi connectivity index (χ1v) is 7.25. The predicted octanol–water partition coefficient (Wildman–Crippen LogP) is 2.08. The summed E-state index contributed by atoms with van der Waals surface area (Å²) in [5.74, 6) is 0.0508. The molecule has 0 radical (unpaired) electrons. The maximum atomic E-state index is 12.4. The summed E-state index contributed by atoms with van der Waals surface area (Å²) in [5.41, 5.74) is 0.548. The minimum Gasteiger partial charge on any atom is -0.336 e. The lowest BCUT2D eigenvalue weighted by Gasteiger charge is -2.30. The number of piperidine rings is 1. The lowest BCUT2D eigenvalue weighted by atomic mass is 10.0. The van der Waals surface area contributed by atoms with Gasteiger partial charge in [-0.3, -0.25) is 9.78 Å². The Morgan fingerprint density at radius 1 is 1.47 bits per heavy atom. The smallest absolute Gasteiger partial charge is 0.272 e. The van der Waals surface area contributed by atoms with Crippen LogP contribution in [-0.2, 0) is 0 Å². The zero-order valence-electron chi connectivity index (χ0n) is 11.6. The Morgan fingerprint density at radius 3 is 3.00 bits per heavy atom. The van der Waals surface area contributed by atoms with Crippen molar-refractivity contribution in [3.05, 3.63) is 30.1 Å². The molecule has 4 nitrogen and oxygen atoms in total. The molecule has 1 aliphatic heterocycles. The van der Waals surface area contributed by atoms with Crippen molar-refractivity contribution in [2.75, 3.05) is 19.6 Å². The molecule has 19 heavy (non-hydrogen) atoms. The van der Waals surface area contributed by atoms with Gasteiger partial charge in [0.25, 0.3) is 5.91 Å². The van der Waals surface area contributed by atoms with Crippen LogP contribution >= 0.6 is 0 Å². The fourth-order valence-corrected chi connectivity index (χ4v) is 2.54. The van der Waals surface area contributed by atoms with E-state index in [0.717, 1.165) is 32.5 Å². The number of carbonyl (C=O) groups is 1. The summed E-state index contributed by atoms with van der Waals surface area (Å²) in [7, 11) is 0. The first-order chi connectivity index (χ1) is 9.31. The molecule has 1 N–H and O–H groups in total. The highest BCUT2D eigenvalue weighted by atomic mass is 16.2. The van der Waals surface area contributed by atoms with E-state index >= 15 is 0 Å². The second-order valence-electron chi connectivity index (χ2n) is 5.11. The molecule has 2 heterocycles. The number of carbonyl (C=O) groups excluding carboxylic acids is 1. The summed E-state index contributed by atoms with van der Waals surface area (Å²) in [5, 5.41) is 3.50. The molecule has 1 aromatic rings. The van der Waals surface area contributed by atoms with Crippen molar-refractivity contribution in [2.45, 2.75) is 38.6 Å². The average molecular weight is 261 g/mol. The molecular weight excluding hydrogens is 238 g/mol. The Labute approximate surface area is 115 Å². The zero-order chi connectivity index (χ0) is 13.5. The van der Waals surface area contributed by atoms with Gasteiger partial charge in [0, 0.05) is 25.3 Å². The topological polar surface area (TPSA) is 45.2 Å². The van der Waals surface area contributed by atoms with Crippen LogP contribution in [0.4, 0.5) is 0 Å². The van der Waals surface area contributed by atoms with Crippen LogP contribution in [0, 0.1) is 0 Å². The standard InChI is InChI=1S/C15H23N3O/c1-2-11-18(12-13-7-3-5-9-16-13)15(19)14-8-4-6-10-17-14/h4,6,8,10,13,16H,2-3,5,7,9,11-12H2,1H3. The van der Waals surface area contributed by atoms with E-state index in [-0.39, 0.29) is 5.91 Å². The minimum atomic E-state index is 0.0508. The quantitative estimate of drug-likeness (QED) is 0.882. The average Bonchev–Trinajstić information content (AvgIpc) is 2.48. The van der Waals surface area contributed by atoms with Crippen LogP contribution in [0.1, 0.15) is 43.1 Å². The van der Waals surface area contributed by atoms with Crippen LogP contribution in [0.2, 0.25) is 0 Å². The van der Waals surface area contributed by atoms with Crippen molar-refractivity contribution >= 4 is 5.91 Å². The van der Waals surface area contributed by atoms with Crippen molar-refractivity contribution in [1.82, 2.24) is 15.2 Å². The summed E-state index contributed by atoms with van der Waals surface area (Å²) in [6.07, 6.45) is 6.32. The fraction of sp³-hybridized carbons (Fsp3) is 0.600. The van der Waals surface area contributed by atoms with Crippen LogP contribution in [0.15, 0.2) is 24.4 Å². The van der Waals surface area contributed by atoms with E-state index < -0.39 is 0 Å². The number of nitrogens with zero attached hydrogens (tertiary/aromatic N) is 2. The number of nitrogens with one attached hydrogen (secondary N) is 1. The first kappa shape index (κ1) is 14.0. The molecule has 1 amide bonds. The van der Waals surface area contributed by atoms with Gasteiger partial charge in [0.2, 0.25) is 0 Å². The Hall–Kier alpha value is -1.42. The molecule has 2 rings (SSSR count). The normalized spacial score (nSPS) is 19.1. The van der Waals surface area contributed by atoms with Gasteiger partial charge in [-0.25, -0.2) is 0 Å². The van der Waals surface area contributed by atoms with Crippen LogP contribution in [0.3, 0.4) is 0 Å². The molecule has 0 saturated carbocycles. The molecule has 1 aromatic heterocycles. The number of hydrogen-bond donors (Lipinski definition) is 1. The molecule has 1 saturated heterocycles. The molecule has 0 spiro atoms. The molecule has 0 bridgehead atoms. The summed E-state index contributed by atoms with van der Waals surface area (Å²) >= 11 is 0. The Balaban J connectivity index is 2.00. The molecule has 1 atom stereocenters. The third-order valence-electron chi connectivity index (χ3n) is 3.52. The third kappa shape index (κ3) is 4.03. The van der Waals surface area contributed by atoms with Crippen LogP contribution in [-0.4, -0.2) is 41.5 Å². The maximum absolute atomic E-state index is 12.4. The van der Waals surface area contributed by atoms with Gasteiger partial charge in [0.1, 0.15) is 5.69 Å². The highest BCUT2D eigenvalue weighted by Gasteiger charge is 2.21. The molecule has 0 aliphatic carbocycles. The second kappa shape index (κ2) is 7.24. The van der Waals surface area contributed by atoms with Gasteiger partial charge in [-0.1, -0.05) is 19.4 Å². The highest BCUT2D eigenvalue weighted by molar-refractivity contribution is 5.92. The lowest BCUT2D eigenvalue weighted by Crippen LogP contribution is -2.46.